The molecule has 1 heterocycles. The Kier molecular flexibility index (Phi) is 7.15. The SMILES string of the molecule is C=CC(=O)Nc1cccc(C(=O)N2CCC(CCc3ccccc3C(F)(F)F)CC2)c1. The molecule has 0 spiro atoms. The fourth-order valence-electron chi connectivity index (χ4n) is 3.91. The lowest BCUT2D eigenvalue weighted by atomic mass is 9.89. The number of benzene rings is 2. The van der Waals surface area contributed by atoms with Crippen molar-refractivity contribution in [3.8, 4) is 0 Å². The largest absolute Gasteiger partial charge is 0.416 e. The minimum Gasteiger partial charge on any atom is -0.339 e. The molecule has 2 amide bonds. The van der Waals surface area contributed by atoms with Gasteiger partial charge in [-0.2, -0.15) is 13.2 Å². The van der Waals surface area contributed by atoms with Gasteiger partial charge in [0.2, 0.25) is 5.91 Å². The van der Waals surface area contributed by atoms with Crippen molar-refractivity contribution in [3.63, 3.8) is 0 Å². The Morgan fingerprint density at radius 3 is 2.48 bits per heavy atom. The van der Waals surface area contributed by atoms with Crippen LogP contribution in [0.2, 0.25) is 0 Å². The number of hydrogen-bond acceptors (Lipinski definition) is 2. The number of carbonyl (C=O) groups excluding carboxylic acids is 2. The molecule has 1 saturated heterocycles. The van der Waals surface area contributed by atoms with Crippen molar-refractivity contribution in [2.24, 2.45) is 5.92 Å². The van der Waals surface area contributed by atoms with Gasteiger partial charge < -0.3 is 10.2 Å². The molecule has 1 N–H and O–H groups in total. The van der Waals surface area contributed by atoms with Crippen LogP contribution in [0, 0.1) is 5.92 Å². The van der Waals surface area contributed by atoms with E-state index in [1.807, 2.05) is 0 Å². The second-order valence-electron chi connectivity index (χ2n) is 7.70. The molecule has 1 aliphatic rings. The van der Waals surface area contributed by atoms with Gasteiger partial charge in [0.1, 0.15) is 0 Å². The number of likely N-dealkylation sites (tertiary alicyclic amines) is 1. The van der Waals surface area contributed by atoms with Gasteiger partial charge in [-0.1, -0.05) is 30.8 Å². The van der Waals surface area contributed by atoms with E-state index >= 15 is 0 Å². The Labute approximate surface area is 179 Å². The zero-order valence-corrected chi connectivity index (χ0v) is 17.1. The van der Waals surface area contributed by atoms with Crippen molar-refractivity contribution in [3.05, 3.63) is 77.9 Å². The van der Waals surface area contributed by atoms with Crippen LogP contribution in [0.3, 0.4) is 0 Å². The monoisotopic (exact) mass is 430 g/mol. The zero-order valence-electron chi connectivity index (χ0n) is 17.1. The maximum atomic E-state index is 13.2. The highest BCUT2D eigenvalue weighted by Crippen LogP contribution is 2.33. The smallest absolute Gasteiger partial charge is 0.339 e. The summed E-state index contributed by atoms with van der Waals surface area (Å²) in [5.74, 6) is -0.184. The molecule has 3 rings (SSSR count). The first kappa shape index (κ1) is 22.6. The predicted octanol–water partition coefficient (Wildman–Crippen LogP) is 5.31. The molecule has 0 aromatic heterocycles. The number of carbonyl (C=O) groups is 2. The van der Waals surface area contributed by atoms with Crippen LogP contribution in [0.25, 0.3) is 0 Å². The molecule has 31 heavy (non-hydrogen) atoms. The van der Waals surface area contributed by atoms with Crippen LogP contribution in [-0.2, 0) is 17.4 Å². The summed E-state index contributed by atoms with van der Waals surface area (Å²) in [4.78, 5) is 26.0. The zero-order chi connectivity index (χ0) is 22.4. The topological polar surface area (TPSA) is 49.4 Å². The van der Waals surface area contributed by atoms with Crippen LogP contribution in [-0.4, -0.2) is 29.8 Å². The number of piperidine rings is 1. The average molecular weight is 430 g/mol. The van der Waals surface area contributed by atoms with Gasteiger partial charge in [0.25, 0.3) is 5.91 Å². The summed E-state index contributed by atoms with van der Waals surface area (Å²) in [7, 11) is 0. The Bertz CT molecular complexity index is 948. The van der Waals surface area contributed by atoms with Crippen molar-refractivity contribution in [1.82, 2.24) is 4.90 Å². The Morgan fingerprint density at radius 1 is 1.10 bits per heavy atom. The third-order valence-electron chi connectivity index (χ3n) is 5.61. The molecule has 1 aliphatic heterocycles. The molecule has 0 atom stereocenters. The third-order valence-corrected chi connectivity index (χ3v) is 5.61. The van der Waals surface area contributed by atoms with Crippen LogP contribution < -0.4 is 5.32 Å². The summed E-state index contributed by atoms with van der Waals surface area (Å²) in [6.07, 6.45) is -0.629. The lowest BCUT2D eigenvalue weighted by Crippen LogP contribution is -2.38. The summed E-state index contributed by atoms with van der Waals surface area (Å²) < 4.78 is 39.5. The third kappa shape index (κ3) is 5.96. The first-order valence-electron chi connectivity index (χ1n) is 10.3. The maximum absolute atomic E-state index is 13.2. The molecule has 0 unspecified atom stereocenters. The van der Waals surface area contributed by atoms with E-state index in [0.29, 0.717) is 42.7 Å². The van der Waals surface area contributed by atoms with E-state index in [0.717, 1.165) is 25.0 Å². The Morgan fingerprint density at radius 2 is 1.81 bits per heavy atom. The minimum atomic E-state index is -4.34. The van der Waals surface area contributed by atoms with Crippen LogP contribution >= 0.6 is 0 Å². The van der Waals surface area contributed by atoms with Crippen molar-refractivity contribution < 1.29 is 22.8 Å². The normalized spacial score (nSPS) is 14.9. The second kappa shape index (κ2) is 9.81. The number of amides is 2. The van der Waals surface area contributed by atoms with Gasteiger partial charge in [-0.05, 0) is 67.5 Å². The van der Waals surface area contributed by atoms with Crippen molar-refractivity contribution in [1.29, 1.82) is 0 Å². The first-order valence-corrected chi connectivity index (χ1v) is 10.3. The molecule has 2 aromatic rings. The molecule has 1 fully saturated rings. The lowest BCUT2D eigenvalue weighted by Gasteiger charge is -2.32. The van der Waals surface area contributed by atoms with Crippen molar-refractivity contribution in [2.45, 2.75) is 31.9 Å². The number of nitrogens with one attached hydrogen (secondary N) is 1. The predicted molar refractivity (Wildman–Crippen MR) is 114 cm³/mol. The first-order chi connectivity index (χ1) is 14.8. The highest BCUT2D eigenvalue weighted by atomic mass is 19.4. The van der Waals surface area contributed by atoms with E-state index in [1.165, 1.54) is 6.07 Å². The van der Waals surface area contributed by atoms with E-state index in [1.54, 1.807) is 41.3 Å². The molecule has 0 radical (unpaired) electrons. The lowest BCUT2D eigenvalue weighted by molar-refractivity contribution is -0.138. The quantitative estimate of drug-likeness (QED) is 0.631. The number of halogens is 3. The number of alkyl halides is 3. The highest BCUT2D eigenvalue weighted by molar-refractivity contribution is 6.00. The minimum absolute atomic E-state index is 0.115. The van der Waals surface area contributed by atoms with Gasteiger partial charge in [0, 0.05) is 24.3 Å². The highest BCUT2D eigenvalue weighted by Gasteiger charge is 2.33. The molecule has 0 bridgehead atoms. The fourth-order valence-corrected chi connectivity index (χ4v) is 3.91. The van der Waals surface area contributed by atoms with Crippen LogP contribution in [0.15, 0.2) is 61.2 Å². The summed E-state index contributed by atoms with van der Waals surface area (Å²) in [5, 5.41) is 2.64. The fraction of sp³-hybridized carbons (Fsp3) is 0.333. The second-order valence-corrected chi connectivity index (χ2v) is 7.70. The van der Waals surface area contributed by atoms with Crippen molar-refractivity contribution >= 4 is 17.5 Å². The molecule has 0 aliphatic carbocycles. The van der Waals surface area contributed by atoms with Gasteiger partial charge in [-0.3, -0.25) is 9.59 Å². The number of hydrogen-bond donors (Lipinski definition) is 1. The number of anilines is 1. The van der Waals surface area contributed by atoms with E-state index in [-0.39, 0.29) is 17.7 Å². The average Bonchev–Trinajstić information content (AvgIpc) is 2.77. The molecule has 0 saturated carbocycles. The summed E-state index contributed by atoms with van der Waals surface area (Å²) >= 11 is 0. The molecule has 2 aromatic carbocycles. The van der Waals surface area contributed by atoms with Crippen molar-refractivity contribution in [2.75, 3.05) is 18.4 Å². The Balaban J connectivity index is 1.54. The molecular weight excluding hydrogens is 405 g/mol. The summed E-state index contributed by atoms with van der Waals surface area (Å²) in [6, 6.07) is 12.4. The number of nitrogens with zero attached hydrogens (tertiary/aromatic N) is 1. The van der Waals surface area contributed by atoms with E-state index in [4.69, 9.17) is 0 Å². The molecule has 4 nitrogen and oxygen atoms in total. The van der Waals surface area contributed by atoms with Gasteiger partial charge in [0.05, 0.1) is 5.56 Å². The van der Waals surface area contributed by atoms with E-state index in [9.17, 15) is 22.8 Å². The molecule has 164 valence electrons. The van der Waals surface area contributed by atoms with Gasteiger partial charge in [-0.15, -0.1) is 0 Å². The standard InChI is InChI=1S/C24H25F3N2O2/c1-2-22(30)28-20-8-5-7-19(16-20)23(31)29-14-12-17(13-15-29)10-11-18-6-3-4-9-21(18)24(25,26)27/h2-9,16-17H,1,10-15H2,(H,28,30). The Hall–Kier alpha value is -3.09. The molecular formula is C24H25F3N2O2. The van der Waals surface area contributed by atoms with E-state index in [2.05, 4.69) is 11.9 Å². The number of aryl methyl sites for hydroxylation is 1. The van der Waals surface area contributed by atoms with E-state index < -0.39 is 11.7 Å². The van der Waals surface area contributed by atoms with Crippen LogP contribution in [0.5, 0.6) is 0 Å². The van der Waals surface area contributed by atoms with Gasteiger partial charge >= 0.3 is 6.18 Å². The van der Waals surface area contributed by atoms with Crippen LogP contribution in [0.1, 0.15) is 40.7 Å². The van der Waals surface area contributed by atoms with Gasteiger partial charge in [-0.25, -0.2) is 0 Å². The van der Waals surface area contributed by atoms with Gasteiger partial charge in [0.15, 0.2) is 0 Å². The summed E-state index contributed by atoms with van der Waals surface area (Å²) in [5.41, 5.74) is 0.770. The van der Waals surface area contributed by atoms with Crippen LogP contribution in [0.4, 0.5) is 18.9 Å². The molecule has 7 heteroatoms. The number of rotatable bonds is 6. The summed E-state index contributed by atoms with van der Waals surface area (Å²) in [6.45, 7) is 4.53. The maximum Gasteiger partial charge on any atom is 0.416 e.